The van der Waals surface area contributed by atoms with Gasteiger partial charge in [-0.3, -0.25) is 0 Å². The molecule has 2 amide bonds. The fraction of sp³-hybridized carbons (Fsp3) is 0.500. The third-order valence-corrected chi connectivity index (χ3v) is 4.98. The molecule has 2 rings (SSSR count). The van der Waals surface area contributed by atoms with Gasteiger partial charge in [0.15, 0.2) is 0 Å². The number of ether oxygens (including phenoxy) is 2. The smallest absolute Gasteiger partial charge is 0.321 e. The van der Waals surface area contributed by atoms with Crippen molar-refractivity contribution in [3.8, 4) is 0 Å². The number of nitrogens with one attached hydrogen (secondary N) is 2. The number of anilines is 1. The molecular formula is C14H21N3O5S. The standard InChI is InChI=1S/C14H21N3O5S/c1-17(12-9-22-10-12)14(18)16-11-3-5-13(6-4-11)23(19,20)15-7-8-21-2/h3-6,12,15H,7-10H2,1-2H3,(H,16,18). The number of nitrogens with zero attached hydrogens (tertiary/aromatic N) is 1. The average Bonchev–Trinajstić information content (AvgIpc) is 2.46. The molecular weight excluding hydrogens is 322 g/mol. The van der Waals surface area contributed by atoms with Crippen LogP contribution in [0.3, 0.4) is 0 Å². The lowest BCUT2D eigenvalue weighted by Gasteiger charge is -2.34. The minimum absolute atomic E-state index is 0.0830. The van der Waals surface area contributed by atoms with Crippen LogP contribution in [0.1, 0.15) is 0 Å². The zero-order chi connectivity index (χ0) is 16.9. The van der Waals surface area contributed by atoms with Crippen molar-refractivity contribution >= 4 is 21.7 Å². The molecule has 23 heavy (non-hydrogen) atoms. The Bertz CT molecular complexity index is 628. The third-order valence-electron chi connectivity index (χ3n) is 3.50. The first-order chi connectivity index (χ1) is 10.9. The SMILES string of the molecule is COCCNS(=O)(=O)c1ccc(NC(=O)N(C)C2COC2)cc1. The molecule has 0 bridgehead atoms. The molecule has 0 saturated carbocycles. The van der Waals surface area contributed by atoms with E-state index >= 15 is 0 Å². The minimum Gasteiger partial charge on any atom is -0.383 e. The molecule has 1 aliphatic rings. The molecule has 0 aliphatic carbocycles. The fourth-order valence-electron chi connectivity index (χ4n) is 1.90. The Morgan fingerprint density at radius 1 is 1.35 bits per heavy atom. The van der Waals surface area contributed by atoms with Crippen LogP contribution in [0.25, 0.3) is 0 Å². The van der Waals surface area contributed by atoms with E-state index in [0.717, 1.165) is 0 Å². The molecule has 0 spiro atoms. The van der Waals surface area contributed by atoms with E-state index in [0.29, 0.717) is 25.5 Å². The van der Waals surface area contributed by atoms with Gasteiger partial charge in [0.1, 0.15) is 0 Å². The summed E-state index contributed by atoms with van der Waals surface area (Å²) in [4.78, 5) is 13.7. The molecule has 1 aliphatic heterocycles. The van der Waals surface area contributed by atoms with Crippen LogP contribution < -0.4 is 10.0 Å². The number of rotatable bonds is 7. The Morgan fingerprint density at radius 2 is 2.00 bits per heavy atom. The van der Waals surface area contributed by atoms with Crippen LogP contribution in [-0.2, 0) is 19.5 Å². The number of hydrogen-bond acceptors (Lipinski definition) is 5. The molecule has 9 heteroatoms. The predicted molar refractivity (Wildman–Crippen MR) is 84.9 cm³/mol. The largest absolute Gasteiger partial charge is 0.383 e. The maximum Gasteiger partial charge on any atom is 0.321 e. The number of hydrogen-bond donors (Lipinski definition) is 2. The normalized spacial score (nSPS) is 15.0. The third kappa shape index (κ3) is 4.64. The molecule has 0 radical (unpaired) electrons. The summed E-state index contributed by atoms with van der Waals surface area (Å²) in [7, 11) is -0.378. The first-order valence-corrected chi connectivity index (χ1v) is 8.62. The second-order valence-corrected chi connectivity index (χ2v) is 6.91. The molecule has 1 aromatic carbocycles. The van der Waals surface area contributed by atoms with Gasteiger partial charge in [-0.25, -0.2) is 17.9 Å². The van der Waals surface area contributed by atoms with Crippen molar-refractivity contribution in [1.82, 2.24) is 9.62 Å². The van der Waals surface area contributed by atoms with Gasteiger partial charge < -0.3 is 19.7 Å². The maximum absolute atomic E-state index is 12.0. The molecule has 1 saturated heterocycles. The number of urea groups is 1. The fourth-order valence-corrected chi connectivity index (χ4v) is 2.92. The molecule has 1 fully saturated rings. The quantitative estimate of drug-likeness (QED) is 0.702. The number of methoxy groups -OCH3 is 1. The van der Waals surface area contributed by atoms with Gasteiger partial charge in [0.25, 0.3) is 0 Å². The highest BCUT2D eigenvalue weighted by Gasteiger charge is 2.26. The number of sulfonamides is 1. The van der Waals surface area contributed by atoms with Crippen LogP contribution in [0.15, 0.2) is 29.2 Å². The zero-order valence-corrected chi connectivity index (χ0v) is 13.9. The van der Waals surface area contributed by atoms with Crippen LogP contribution in [0.4, 0.5) is 10.5 Å². The summed E-state index contributed by atoms with van der Waals surface area (Å²) in [6, 6.07) is 5.81. The molecule has 2 N–H and O–H groups in total. The first kappa shape index (κ1) is 17.7. The second-order valence-electron chi connectivity index (χ2n) is 5.15. The van der Waals surface area contributed by atoms with Crippen molar-refractivity contribution in [2.24, 2.45) is 0 Å². The summed E-state index contributed by atoms with van der Waals surface area (Å²) in [5.41, 5.74) is 0.526. The second kappa shape index (κ2) is 7.73. The number of benzene rings is 1. The molecule has 1 aromatic rings. The van der Waals surface area contributed by atoms with Crippen molar-refractivity contribution in [2.45, 2.75) is 10.9 Å². The molecule has 0 aromatic heterocycles. The minimum atomic E-state index is -3.57. The van der Waals surface area contributed by atoms with Crippen LogP contribution in [-0.4, -0.2) is 65.9 Å². The van der Waals surface area contributed by atoms with Gasteiger partial charge >= 0.3 is 6.03 Å². The van der Waals surface area contributed by atoms with Crippen molar-refractivity contribution in [3.05, 3.63) is 24.3 Å². The van der Waals surface area contributed by atoms with Crippen molar-refractivity contribution < 1.29 is 22.7 Å². The summed E-state index contributed by atoms with van der Waals surface area (Å²) in [5, 5.41) is 2.72. The molecule has 0 atom stereocenters. The van der Waals surface area contributed by atoms with Gasteiger partial charge in [0.05, 0.1) is 30.8 Å². The van der Waals surface area contributed by atoms with Gasteiger partial charge in [0.2, 0.25) is 10.0 Å². The highest BCUT2D eigenvalue weighted by atomic mass is 32.2. The Hall–Kier alpha value is -1.68. The monoisotopic (exact) mass is 343 g/mol. The summed E-state index contributed by atoms with van der Waals surface area (Å²) < 4.78 is 36.3. The van der Waals surface area contributed by atoms with Gasteiger partial charge in [-0.1, -0.05) is 0 Å². The summed E-state index contributed by atoms with van der Waals surface area (Å²) >= 11 is 0. The van der Waals surface area contributed by atoms with E-state index in [1.165, 1.54) is 19.2 Å². The van der Waals surface area contributed by atoms with E-state index < -0.39 is 10.0 Å². The van der Waals surface area contributed by atoms with Crippen LogP contribution >= 0.6 is 0 Å². The van der Waals surface area contributed by atoms with Crippen LogP contribution in [0, 0.1) is 0 Å². The van der Waals surface area contributed by atoms with Gasteiger partial charge in [-0.2, -0.15) is 0 Å². The highest BCUT2D eigenvalue weighted by molar-refractivity contribution is 7.89. The lowest BCUT2D eigenvalue weighted by molar-refractivity contribution is -0.0401. The van der Waals surface area contributed by atoms with Gasteiger partial charge in [-0.05, 0) is 24.3 Å². The lowest BCUT2D eigenvalue weighted by atomic mass is 10.2. The molecule has 1 heterocycles. The predicted octanol–water partition coefficient (Wildman–Crippen LogP) is 0.474. The Balaban J connectivity index is 1.94. The van der Waals surface area contributed by atoms with Crippen molar-refractivity contribution in [2.75, 3.05) is 45.8 Å². The number of carbonyl (C=O) groups excluding carboxylic acids is 1. The van der Waals surface area contributed by atoms with E-state index in [1.807, 2.05) is 0 Å². The number of likely N-dealkylation sites (N-methyl/N-ethyl adjacent to an activating group) is 1. The first-order valence-electron chi connectivity index (χ1n) is 7.14. The number of carbonyl (C=O) groups is 1. The Morgan fingerprint density at radius 3 is 2.52 bits per heavy atom. The number of amides is 2. The Kier molecular flexibility index (Phi) is 5.94. The molecule has 128 valence electrons. The zero-order valence-electron chi connectivity index (χ0n) is 13.1. The Labute approximate surface area is 135 Å². The van der Waals surface area contributed by atoms with E-state index in [1.54, 1.807) is 24.1 Å². The van der Waals surface area contributed by atoms with Crippen molar-refractivity contribution in [3.63, 3.8) is 0 Å². The lowest BCUT2D eigenvalue weighted by Crippen LogP contribution is -2.50. The van der Waals surface area contributed by atoms with E-state index in [9.17, 15) is 13.2 Å². The summed E-state index contributed by atoms with van der Waals surface area (Å²) in [5.74, 6) is 0. The molecule has 8 nitrogen and oxygen atoms in total. The molecule has 0 unspecified atom stereocenters. The van der Waals surface area contributed by atoms with E-state index in [-0.39, 0.29) is 23.5 Å². The summed E-state index contributed by atoms with van der Waals surface area (Å²) in [6.45, 7) is 1.57. The topological polar surface area (TPSA) is 97.0 Å². The van der Waals surface area contributed by atoms with Crippen LogP contribution in [0.2, 0.25) is 0 Å². The average molecular weight is 343 g/mol. The van der Waals surface area contributed by atoms with Crippen molar-refractivity contribution in [1.29, 1.82) is 0 Å². The van der Waals surface area contributed by atoms with E-state index in [2.05, 4.69) is 10.0 Å². The van der Waals surface area contributed by atoms with Crippen LogP contribution in [0.5, 0.6) is 0 Å². The van der Waals surface area contributed by atoms with Gasteiger partial charge in [-0.15, -0.1) is 0 Å². The summed E-state index contributed by atoms with van der Waals surface area (Å²) in [6.07, 6.45) is 0. The highest BCUT2D eigenvalue weighted by Crippen LogP contribution is 2.15. The maximum atomic E-state index is 12.0. The van der Waals surface area contributed by atoms with E-state index in [4.69, 9.17) is 9.47 Å². The van der Waals surface area contributed by atoms with Gasteiger partial charge in [0, 0.05) is 26.4 Å².